The van der Waals surface area contributed by atoms with Crippen LogP contribution in [0, 0.1) is 0 Å². The summed E-state index contributed by atoms with van der Waals surface area (Å²) in [5, 5.41) is 9.63. The summed E-state index contributed by atoms with van der Waals surface area (Å²) in [6.45, 7) is 0.287. The van der Waals surface area contributed by atoms with E-state index in [1.54, 1.807) is 13.1 Å². The van der Waals surface area contributed by atoms with Crippen molar-refractivity contribution < 1.29 is 4.79 Å². The predicted molar refractivity (Wildman–Crippen MR) is 85.1 cm³/mol. The molecule has 0 heterocycles. The summed E-state index contributed by atoms with van der Waals surface area (Å²) in [4.78, 5) is 11.5. The summed E-state index contributed by atoms with van der Waals surface area (Å²) < 4.78 is 0. The molecular formula is C12H18Cl3N3O. The molecule has 1 aliphatic rings. The van der Waals surface area contributed by atoms with Gasteiger partial charge in [-0.05, 0) is 38.1 Å². The first-order valence-corrected chi connectivity index (χ1v) is 6.07. The minimum atomic E-state index is -0.0754. The maximum Gasteiger partial charge on any atom is 0.238 e. The molecule has 7 heteroatoms. The van der Waals surface area contributed by atoms with Crippen LogP contribution in [0.25, 0.3) is 0 Å². The van der Waals surface area contributed by atoms with E-state index in [4.69, 9.17) is 11.6 Å². The number of nitrogens with one attached hydrogen (secondary N) is 3. The molecule has 1 aromatic carbocycles. The van der Waals surface area contributed by atoms with Crippen LogP contribution in [0.1, 0.15) is 12.8 Å². The Labute approximate surface area is 130 Å². The largest absolute Gasteiger partial charge is 0.381 e. The van der Waals surface area contributed by atoms with Crippen LogP contribution in [0.2, 0.25) is 5.02 Å². The molecular weight excluding hydrogens is 309 g/mol. The summed E-state index contributed by atoms with van der Waals surface area (Å²) in [6, 6.07) is 6.02. The molecule has 0 bridgehead atoms. The van der Waals surface area contributed by atoms with Gasteiger partial charge in [-0.15, -0.1) is 24.8 Å². The van der Waals surface area contributed by atoms with Crippen molar-refractivity contribution in [2.75, 3.05) is 24.2 Å². The van der Waals surface area contributed by atoms with Crippen LogP contribution < -0.4 is 16.0 Å². The Morgan fingerprint density at radius 1 is 1.32 bits per heavy atom. The molecule has 0 saturated heterocycles. The van der Waals surface area contributed by atoms with E-state index in [0.29, 0.717) is 11.1 Å². The third kappa shape index (κ3) is 5.87. The van der Waals surface area contributed by atoms with Gasteiger partial charge in [0.15, 0.2) is 0 Å². The molecule has 1 amide bonds. The fourth-order valence-corrected chi connectivity index (χ4v) is 1.72. The third-order valence-electron chi connectivity index (χ3n) is 2.53. The van der Waals surface area contributed by atoms with E-state index >= 15 is 0 Å². The van der Waals surface area contributed by atoms with Crippen molar-refractivity contribution in [1.29, 1.82) is 0 Å². The number of halogens is 3. The highest BCUT2D eigenvalue weighted by molar-refractivity contribution is 6.31. The fourth-order valence-electron chi connectivity index (χ4n) is 1.55. The lowest BCUT2D eigenvalue weighted by atomic mass is 10.2. The van der Waals surface area contributed by atoms with Crippen LogP contribution in [-0.4, -0.2) is 25.5 Å². The maximum absolute atomic E-state index is 11.5. The third-order valence-corrected chi connectivity index (χ3v) is 2.77. The number of likely N-dealkylation sites (N-methyl/N-ethyl adjacent to an activating group) is 1. The molecule has 108 valence electrons. The summed E-state index contributed by atoms with van der Waals surface area (Å²) in [7, 11) is 1.74. The van der Waals surface area contributed by atoms with Crippen molar-refractivity contribution in [3.8, 4) is 0 Å². The number of carbonyl (C=O) groups excluding carboxylic acids is 1. The zero-order valence-corrected chi connectivity index (χ0v) is 12.9. The van der Waals surface area contributed by atoms with Crippen LogP contribution in [0.15, 0.2) is 18.2 Å². The maximum atomic E-state index is 11.5. The van der Waals surface area contributed by atoms with Crippen LogP contribution in [0.4, 0.5) is 11.4 Å². The summed E-state index contributed by atoms with van der Waals surface area (Å²) >= 11 is 5.93. The van der Waals surface area contributed by atoms with E-state index in [2.05, 4.69) is 16.0 Å². The molecule has 3 N–H and O–H groups in total. The van der Waals surface area contributed by atoms with Gasteiger partial charge in [-0.1, -0.05) is 11.6 Å². The minimum Gasteiger partial charge on any atom is -0.381 e. The highest BCUT2D eigenvalue weighted by Crippen LogP contribution is 2.31. The Hall–Kier alpha value is -0.680. The highest BCUT2D eigenvalue weighted by atomic mass is 35.5. The highest BCUT2D eigenvalue weighted by Gasteiger charge is 2.22. The van der Waals surface area contributed by atoms with Crippen LogP contribution in [0.3, 0.4) is 0 Å². The Kier molecular flexibility index (Phi) is 8.18. The second-order valence-electron chi connectivity index (χ2n) is 4.19. The number of rotatable bonds is 5. The molecule has 1 aliphatic carbocycles. The predicted octanol–water partition coefficient (Wildman–Crippen LogP) is 2.92. The zero-order chi connectivity index (χ0) is 12.3. The lowest BCUT2D eigenvalue weighted by molar-refractivity contribution is -0.115. The first kappa shape index (κ1) is 18.3. The van der Waals surface area contributed by atoms with E-state index in [-0.39, 0.29) is 37.3 Å². The summed E-state index contributed by atoms with van der Waals surface area (Å²) in [5.74, 6) is -0.0754. The number of benzene rings is 1. The van der Waals surface area contributed by atoms with Crippen molar-refractivity contribution in [3.05, 3.63) is 23.2 Å². The smallest absolute Gasteiger partial charge is 0.238 e. The first-order valence-electron chi connectivity index (χ1n) is 5.69. The van der Waals surface area contributed by atoms with Gasteiger partial charge in [0.25, 0.3) is 0 Å². The molecule has 1 aromatic rings. The van der Waals surface area contributed by atoms with Gasteiger partial charge in [-0.2, -0.15) is 0 Å². The fraction of sp³-hybridized carbons (Fsp3) is 0.417. The average molecular weight is 327 g/mol. The Morgan fingerprint density at radius 3 is 2.58 bits per heavy atom. The first-order chi connectivity index (χ1) is 8.19. The van der Waals surface area contributed by atoms with Gasteiger partial charge in [-0.3, -0.25) is 4.79 Å². The molecule has 0 aromatic heterocycles. The van der Waals surface area contributed by atoms with Gasteiger partial charge in [-0.25, -0.2) is 0 Å². The summed E-state index contributed by atoms with van der Waals surface area (Å²) in [6.07, 6.45) is 2.37. The molecule has 0 atom stereocenters. The number of carbonyl (C=O) groups is 1. The number of amides is 1. The molecule has 1 saturated carbocycles. The van der Waals surface area contributed by atoms with E-state index in [1.165, 1.54) is 12.8 Å². The van der Waals surface area contributed by atoms with Gasteiger partial charge in [0.1, 0.15) is 0 Å². The van der Waals surface area contributed by atoms with E-state index in [1.807, 2.05) is 12.1 Å². The van der Waals surface area contributed by atoms with Crippen LogP contribution in [-0.2, 0) is 4.79 Å². The second-order valence-corrected chi connectivity index (χ2v) is 4.62. The monoisotopic (exact) mass is 325 g/mol. The molecule has 4 nitrogen and oxygen atoms in total. The zero-order valence-electron chi connectivity index (χ0n) is 10.5. The SMILES string of the molecule is CNCC(=O)Nc1cc(Cl)ccc1NC1CC1.Cl.Cl. The van der Waals surface area contributed by atoms with Crippen molar-refractivity contribution in [2.45, 2.75) is 18.9 Å². The lowest BCUT2D eigenvalue weighted by Gasteiger charge is -2.13. The van der Waals surface area contributed by atoms with Crippen LogP contribution >= 0.6 is 36.4 Å². The lowest BCUT2D eigenvalue weighted by Crippen LogP contribution is -2.25. The van der Waals surface area contributed by atoms with Gasteiger partial charge >= 0.3 is 0 Å². The van der Waals surface area contributed by atoms with E-state index < -0.39 is 0 Å². The molecule has 0 unspecified atom stereocenters. The standard InChI is InChI=1S/C12H16ClN3O.2ClH/c1-14-7-12(17)16-11-6-8(13)2-5-10(11)15-9-3-4-9;;/h2,5-6,9,14-15H,3-4,7H2,1H3,(H,16,17);2*1H. The van der Waals surface area contributed by atoms with Crippen molar-refractivity contribution in [2.24, 2.45) is 0 Å². The van der Waals surface area contributed by atoms with Crippen molar-refractivity contribution in [1.82, 2.24) is 5.32 Å². The Bertz CT molecular complexity index is 425. The second kappa shape index (κ2) is 8.48. The van der Waals surface area contributed by atoms with Gasteiger partial charge in [0.05, 0.1) is 17.9 Å². The van der Waals surface area contributed by atoms with Gasteiger partial charge in [0, 0.05) is 11.1 Å². The quantitative estimate of drug-likeness (QED) is 0.780. The van der Waals surface area contributed by atoms with Gasteiger partial charge < -0.3 is 16.0 Å². The Morgan fingerprint density at radius 2 is 2.00 bits per heavy atom. The van der Waals surface area contributed by atoms with Crippen molar-refractivity contribution >= 4 is 53.7 Å². The molecule has 0 spiro atoms. The Balaban J connectivity index is 0.00000162. The van der Waals surface area contributed by atoms with Crippen LogP contribution in [0.5, 0.6) is 0 Å². The number of hydrogen-bond acceptors (Lipinski definition) is 3. The molecule has 1 fully saturated rings. The minimum absolute atomic E-state index is 0. The normalized spacial score (nSPS) is 12.9. The summed E-state index contributed by atoms with van der Waals surface area (Å²) in [5.41, 5.74) is 1.67. The topological polar surface area (TPSA) is 53.2 Å². The van der Waals surface area contributed by atoms with E-state index in [9.17, 15) is 4.79 Å². The number of hydrogen-bond donors (Lipinski definition) is 3. The number of anilines is 2. The molecule has 0 aliphatic heterocycles. The molecule has 2 rings (SSSR count). The van der Waals surface area contributed by atoms with Crippen molar-refractivity contribution in [3.63, 3.8) is 0 Å². The average Bonchev–Trinajstić information content (AvgIpc) is 3.06. The van der Waals surface area contributed by atoms with E-state index in [0.717, 1.165) is 11.4 Å². The van der Waals surface area contributed by atoms with Gasteiger partial charge in [0.2, 0.25) is 5.91 Å². The molecule has 19 heavy (non-hydrogen) atoms. The molecule has 0 radical (unpaired) electrons.